The predicted molar refractivity (Wildman–Crippen MR) is 95.4 cm³/mol. The van der Waals surface area contributed by atoms with E-state index in [1.54, 1.807) is 12.1 Å². The predicted octanol–water partition coefficient (Wildman–Crippen LogP) is 5.04. The third kappa shape index (κ3) is 2.30. The number of nitro benzene ring substituents is 1. The smallest absolute Gasteiger partial charge is 0.269 e. The molecule has 0 fully saturated rings. The van der Waals surface area contributed by atoms with E-state index in [2.05, 4.69) is 43.4 Å². The highest BCUT2D eigenvalue weighted by atomic mass is 16.6. The summed E-state index contributed by atoms with van der Waals surface area (Å²) in [6.07, 6.45) is 5.62. The molecule has 1 heterocycles. The Labute approximate surface area is 141 Å². The highest BCUT2D eigenvalue weighted by Gasteiger charge is 2.38. The maximum Gasteiger partial charge on any atom is 0.269 e. The molecule has 0 saturated heterocycles. The Hall–Kier alpha value is -2.62. The monoisotopic (exact) mass is 320 g/mol. The molecule has 122 valence electrons. The van der Waals surface area contributed by atoms with Crippen LogP contribution in [0, 0.1) is 29.9 Å². The second kappa shape index (κ2) is 5.48. The van der Waals surface area contributed by atoms with Crippen molar-refractivity contribution >= 4 is 11.4 Å². The van der Waals surface area contributed by atoms with Gasteiger partial charge in [0.2, 0.25) is 0 Å². The Balaban J connectivity index is 1.76. The second-order valence-electron chi connectivity index (χ2n) is 6.87. The van der Waals surface area contributed by atoms with Crippen molar-refractivity contribution < 1.29 is 4.92 Å². The number of nitrogens with zero attached hydrogens (tertiary/aromatic N) is 1. The summed E-state index contributed by atoms with van der Waals surface area (Å²) >= 11 is 0. The number of aryl methyl sites for hydroxylation is 2. The van der Waals surface area contributed by atoms with Crippen LogP contribution in [-0.2, 0) is 0 Å². The first-order chi connectivity index (χ1) is 11.5. The maximum atomic E-state index is 10.9. The summed E-state index contributed by atoms with van der Waals surface area (Å²) in [6.45, 7) is 4.29. The number of anilines is 1. The van der Waals surface area contributed by atoms with Crippen LogP contribution in [0.1, 0.15) is 40.6 Å². The molecule has 2 aliphatic rings. The van der Waals surface area contributed by atoms with Gasteiger partial charge in [-0.3, -0.25) is 10.1 Å². The third-order valence-electron chi connectivity index (χ3n) is 5.27. The van der Waals surface area contributed by atoms with Crippen molar-refractivity contribution in [1.82, 2.24) is 0 Å². The van der Waals surface area contributed by atoms with Gasteiger partial charge in [-0.1, -0.05) is 42.0 Å². The van der Waals surface area contributed by atoms with E-state index >= 15 is 0 Å². The van der Waals surface area contributed by atoms with Gasteiger partial charge in [0, 0.05) is 23.7 Å². The van der Waals surface area contributed by atoms with Crippen molar-refractivity contribution in [1.29, 1.82) is 0 Å². The quantitative estimate of drug-likeness (QED) is 0.479. The molecule has 0 bridgehead atoms. The summed E-state index contributed by atoms with van der Waals surface area (Å²) in [7, 11) is 0. The largest absolute Gasteiger partial charge is 0.377 e. The Morgan fingerprint density at radius 1 is 1.17 bits per heavy atom. The molecular formula is C20H20N2O2. The topological polar surface area (TPSA) is 55.2 Å². The van der Waals surface area contributed by atoms with E-state index < -0.39 is 0 Å². The molecule has 0 unspecified atom stereocenters. The zero-order valence-corrected chi connectivity index (χ0v) is 13.8. The van der Waals surface area contributed by atoms with Gasteiger partial charge in [-0.25, -0.2) is 0 Å². The molecule has 1 aliphatic carbocycles. The van der Waals surface area contributed by atoms with Crippen LogP contribution in [-0.4, -0.2) is 4.92 Å². The van der Waals surface area contributed by atoms with Crippen molar-refractivity contribution in [3.05, 3.63) is 80.9 Å². The van der Waals surface area contributed by atoms with E-state index in [9.17, 15) is 10.1 Å². The van der Waals surface area contributed by atoms with E-state index in [1.165, 1.54) is 22.4 Å². The highest BCUT2D eigenvalue weighted by Crippen LogP contribution is 2.50. The molecule has 0 amide bonds. The second-order valence-corrected chi connectivity index (χ2v) is 6.87. The molecule has 0 spiro atoms. The van der Waals surface area contributed by atoms with Crippen LogP contribution in [0.3, 0.4) is 0 Å². The lowest BCUT2D eigenvalue weighted by Crippen LogP contribution is -2.29. The van der Waals surface area contributed by atoms with Gasteiger partial charge < -0.3 is 5.32 Å². The van der Waals surface area contributed by atoms with Gasteiger partial charge in [-0.2, -0.15) is 0 Å². The van der Waals surface area contributed by atoms with E-state index in [4.69, 9.17) is 0 Å². The van der Waals surface area contributed by atoms with Crippen LogP contribution in [0.5, 0.6) is 0 Å². The molecule has 2 aromatic carbocycles. The fraction of sp³-hybridized carbons (Fsp3) is 0.300. The number of nitro groups is 1. The summed E-state index contributed by atoms with van der Waals surface area (Å²) in [4.78, 5) is 10.5. The SMILES string of the molecule is Cc1cc(C)c2c(c1)[C@@H]1C=CC[C@@H]1[C@H](c1ccc([N+](=O)[O-])cc1)N2. The van der Waals surface area contributed by atoms with Crippen LogP contribution in [0.25, 0.3) is 0 Å². The van der Waals surface area contributed by atoms with Crippen LogP contribution >= 0.6 is 0 Å². The summed E-state index contributed by atoms with van der Waals surface area (Å²) in [5.74, 6) is 0.875. The molecule has 3 atom stereocenters. The number of fused-ring (bicyclic) bond motifs is 3. The fourth-order valence-electron chi connectivity index (χ4n) is 4.21. The minimum atomic E-state index is -0.347. The zero-order chi connectivity index (χ0) is 16.8. The number of allylic oxidation sites excluding steroid dienone is 2. The number of hydrogen-bond donors (Lipinski definition) is 1. The van der Waals surface area contributed by atoms with Gasteiger partial charge in [0.05, 0.1) is 11.0 Å². The maximum absolute atomic E-state index is 10.9. The first kappa shape index (κ1) is 14.9. The van der Waals surface area contributed by atoms with Crippen LogP contribution in [0.4, 0.5) is 11.4 Å². The minimum absolute atomic E-state index is 0.142. The van der Waals surface area contributed by atoms with E-state index in [0.717, 1.165) is 12.0 Å². The normalized spacial score (nSPS) is 24.2. The van der Waals surface area contributed by atoms with Crippen molar-refractivity contribution in [2.24, 2.45) is 5.92 Å². The van der Waals surface area contributed by atoms with Crippen molar-refractivity contribution in [3.63, 3.8) is 0 Å². The number of benzene rings is 2. The van der Waals surface area contributed by atoms with Crippen LogP contribution < -0.4 is 5.32 Å². The molecule has 0 radical (unpaired) electrons. The van der Waals surface area contributed by atoms with Crippen LogP contribution in [0.2, 0.25) is 0 Å². The lowest BCUT2D eigenvalue weighted by atomic mass is 9.76. The van der Waals surface area contributed by atoms with Crippen molar-refractivity contribution in [2.45, 2.75) is 32.2 Å². The molecule has 2 aromatic rings. The number of rotatable bonds is 2. The number of hydrogen-bond acceptors (Lipinski definition) is 3. The van der Waals surface area contributed by atoms with Crippen molar-refractivity contribution in [2.75, 3.05) is 5.32 Å². The van der Waals surface area contributed by atoms with Gasteiger partial charge in [0.1, 0.15) is 0 Å². The molecule has 4 nitrogen and oxygen atoms in total. The standard InChI is InChI=1S/C20H20N2O2/c1-12-10-13(2)19-18(11-12)16-4-3-5-17(16)20(21-19)14-6-8-15(9-7-14)22(23)24/h3-4,6-11,16-17,20-21H,5H2,1-2H3/t16-,17+,20+/m1/s1. The molecule has 4 rings (SSSR count). The molecule has 24 heavy (non-hydrogen) atoms. The summed E-state index contributed by atoms with van der Waals surface area (Å²) in [5, 5.41) is 14.6. The number of nitrogens with one attached hydrogen (secondary N) is 1. The average Bonchev–Trinajstić information content (AvgIpc) is 3.04. The summed E-state index contributed by atoms with van der Waals surface area (Å²) < 4.78 is 0. The van der Waals surface area contributed by atoms with E-state index in [1.807, 2.05) is 12.1 Å². The fourth-order valence-corrected chi connectivity index (χ4v) is 4.21. The number of non-ortho nitro benzene ring substituents is 1. The Morgan fingerprint density at radius 2 is 1.92 bits per heavy atom. The molecule has 0 saturated carbocycles. The Morgan fingerprint density at radius 3 is 2.62 bits per heavy atom. The zero-order valence-electron chi connectivity index (χ0n) is 13.8. The summed E-state index contributed by atoms with van der Waals surface area (Å²) in [5.41, 5.74) is 6.41. The van der Waals surface area contributed by atoms with Gasteiger partial charge in [0.15, 0.2) is 0 Å². The minimum Gasteiger partial charge on any atom is -0.377 e. The van der Waals surface area contributed by atoms with Gasteiger partial charge in [-0.05, 0) is 42.9 Å². The van der Waals surface area contributed by atoms with Gasteiger partial charge >= 0.3 is 0 Å². The Bertz CT molecular complexity index is 839. The van der Waals surface area contributed by atoms with Gasteiger partial charge in [0.25, 0.3) is 5.69 Å². The first-order valence-corrected chi connectivity index (χ1v) is 8.33. The Kier molecular flexibility index (Phi) is 3.41. The summed E-state index contributed by atoms with van der Waals surface area (Å²) in [6, 6.07) is 11.7. The first-order valence-electron chi connectivity index (χ1n) is 8.33. The molecule has 4 heteroatoms. The van der Waals surface area contributed by atoms with E-state index in [0.29, 0.717) is 11.8 Å². The van der Waals surface area contributed by atoms with Crippen LogP contribution in [0.15, 0.2) is 48.6 Å². The van der Waals surface area contributed by atoms with Gasteiger partial charge in [-0.15, -0.1) is 0 Å². The highest BCUT2D eigenvalue weighted by molar-refractivity contribution is 5.65. The molecular weight excluding hydrogens is 300 g/mol. The molecule has 1 aliphatic heterocycles. The lowest BCUT2D eigenvalue weighted by Gasteiger charge is -2.38. The van der Waals surface area contributed by atoms with E-state index in [-0.39, 0.29) is 16.7 Å². The molecule has 0 aromatic heterocycles. The lowest BCUT2D eigenvalue weighted by molar-refractivity contribution is -0.384. The molecule has 1 N–H and O–H groups in total. The average molecular weight is 320 g/mol. The third-order valence-corrected chi connectivity index (χ3v) is 5.27. The van der Waals surface area contributed by atoms with Crippen molar-refractivity contribution in [3.8, 4) is 0 Å².